The Kier molecular flexibility index (Phi) is 15.2. The molecule has 0 aliphatic heterocycles. The molecular weight excluding hydrogens is 1200 g/mol. The summed E-state index contributed by atoms with van der Waals surface area (Å²) in [7, 11) is 0. The highest BCUT2D eigenvalue weighted by molar-refractivity contribution is 9.10. The van der Waals surface area contributed by atoms with Gasteiger partial charge in [0.1, 0.15) is 0 Å². The summed E-state index contributed by atoms with van der Waals surface area (Å²) in [6.07, 6.45) is 1.21. The summed E-state index contributed by atoms with van der Waals surface area (Å²) in [5.74, 6) is 0. The van der Waals surface area contributed by atoms with E-state index in [1.807, 2.05) is 0 Å². The van der Waals surface area contributed by atoms with Crippen LogP contribution in [-0.4, -0.2) is 0 Å². The molecule has 422 valence electrons. The van der Waals surface area contributed by atoms with Crippen molar-refractivity contribution in [2.24, 2.45) is 0 Å². The molecule has 0 bridgehead atoms. The van der Waals surface area contributed by atoms with Crippen LogP contribution in [0.1, 0.15) is 22.3 Å². The lowest BCUT2D eigenvalue weighted by atomic mass is 9.64. The summed E-state index contributed by atoms with van der Waals surface area (Å²) in [4.78, 5) is 0. The number of benzene rings is 14. The van der Waals surface area contributed by atoms with Crippen LogP contribution < -0.4 is 0 Å². The van der Waals surface area contributed by atoms with E-state index in [4.69, 9.17) is 0 Å². The molecule has 0 saturated carbocycles. The molecule has 0 heterocycles. The van der Waals surface area contributed by atoms with Gasteiger partial charge in [0, 0.05) is 14.4 Å². The monoisotopic (exact) mass is 1260 g/mol. The highest BCUT2D eigenvalue weighted by Crippen LogP contribution is 2.62. The van der Waals surface area contributed by atoms with Crippen molar-refractivity contribution < 1.29 is 0 Å². The van der Waals surface area contributed by atoms with Gasteiger partial charge in [-0.2, -0.15) is 0 Å². The van der Waals surface area contributed by atoms with Gasteiger partial charge >= 0.3 is 0 Å². The Hall–Kier alpha value is -9.96. The van der Waals surface area contributed by atoms with Crippen molar-refractivity contribution in [2.45, 2.75) is 18.3 Å². The van der Waals surface area contributed by atoms with Gasteiger partial charge in [-0.05, 0) is 182 Å². The first-order chi connectivity index (χ1) is 44.0. The lowest BCUT2D eigenvalue weighted by molar-refractivity contribution is 0.522. The van der Waals surface area contributed by atoms with Crippen molar-refractivity contribution in [1.82, 2.24) is 0 Å². The molecule has 15 rings (SSSR count). The molecule has 0 aromatic heterocycles. The van der Waals surface area contributed by atoms with Crippen LogP contribution in [0.4, 0.5) is 0 Å². The Morgan fingerprint density at radius 3 is 0.551 bits per heavy atom. The van der Waals surface area contributed by atoms with Crippen LogP contribution >= 0.6 is 31.9 Å². The molecule has 1 aliphatic carbocycles. The van der Waals surface area contributed by atoms with E-state index in [0.717, 1.165) is 64.6 Å². The van der Waals surface area contributed by atoms with Crippen molar-refractivity contribution in [3.05, 3.63) is 371 Å². The van der Waals surface area contributed by atoms with E-state index in [1.165, 1.54) is 89.0 Å². The molecule has 14 aromatic carbocycles. The number of fused-ring (bicyclic) bond motifs is 3. The maximum Gasteiger partial charge on any atom is 0.0297 e. The second-order valence-electron chi connectivity index (χ2n) is 23.2. The highest BCUT2D eigenvalue weighted by Gasteiger charge is 2.47. The zero-order chi connectivity index (χ0) is 59.7. The lowest BCUT2D eigenvalue weighted by Gasteiger charge is -2.39. The molecule has 0 atom stereocenters. The molecule has 89 heavy (non-hydrogen) atoms. The fourth-order valence-corrected chi connectivity index (χ4v) is 15.2. The van der Waals surface area contributed by atoms with Crippen molar-refractivity contribution in [2.75, 3.05) is 0 Å². The fraction of sp³-hybridized carbons (Fsp3) is 0.0345. The Labute approximate surface area is 539 Å². The molecular formula is C87H60Br2. The molecule has 0 unspecified atom stereocenters. The molecule has 0 fully saturated rings. The second-order valence-corrected chi connectivity index (χ2v) is 25.0. The van der Waals surface area contributed by atoms with Crippen molar-refractivity contribution in [3.8, 4) is 122 Å². The van der Waals surface area contributed by atoms with Crippen LogP contribution in [0.3, 0.4) is 0 Å². The predicted molar refractivity (Wildman–Crippen MR) is 383 cm³/mol. The molecule has 2 heteroatoms. The summed E-state index contributed by atoms with van der Waals surface area (Å²) in [6, 6.07) is 126. The maximum atomic E-state index is 4.18. The third-order valence-electron chi connectivity index (χ3n) is 18.1. The topological polar surface area (TPSA) is 0 Å². The summed E-state index contributed by atoms with van der Waals surface area (Å²) in [5, 5.41) is 0. The van der Waals surface area contributed by atoms with Gasteiger partial charge in [0.2, 0.25) is 0 Å². The van der Waals surface area contributed by atoms with E-state index in [-0.39, 0.29) is 0 Å². The normalized spacial score (nSPS) is 12.1. The van der Waals surface area contributed by atoms with Crippen LogP contribution in [0.5, 0.6) is 0 Å². The second kappa shape index (κ2) is 24.3. The number of hydrogen-bond acceptors (Lipinski definition) is 0. The summed E-state index contributed by atoms with van der Waals surface area (Å²) >= 11 is 8.36. The van der Waals surface area contributed by atoms with E-state index in [9.17, 15) is 0 Å². The van der Waals surface area contributed by atoms with Gasteiger partial charge in [-0.25, -0.2) is 0 Å². The molecule has 0 nitrogen and oxygen atoms in total. The van der Waals surface area contributed by atoms with Crippen LogP contribution in [0.15, 0.2) is 349 Å². The van der Waals surface area contributed by atoms with Gasteiger partial charge in [-0.3, -0.25) is 0 Å². The van der Waals surface area contributed by atoms with Gasteiger partial charge in [0.05, 0.1) is 0 Å². The zero-order valence-electron chi connectivity index (χ0n) is 49.0. The highest BCUT2D eigenvalue weighted by atomic mass is 79.9. The van der Waals surface area contributed by atoms with Gasteiger partial charge in [0.25, 0.3) is 0 Å². The first kappa shape index (κ1) is 55.6. The van der Waals surface area contributed by atoms with Gasteiger partial charge in [-0.1, -0.05) is 347 Å². The maximum absolute atomic E-state index is 4.18. The smallest absolute Gasteiger partial charge is 0.0297 e. The number of halogens is 2. The molecule has 0 N–H and O–H groups in total. The minimum atomic E-state index is -0.773. The minimum absolute atomic E-state index is 0.604. The summed E-state index contributed by atoms with van der Waals surface area (Å²) < 4.78 is 2.07. The molecule has 1 aliphatic rings. The molecule has 14 aromatic rings. The van der Waals surface area contributed by atoms with Crippen LogP contribution in [0.2, 0.25) is 0 Å². The first-order valence-corrected chi connectivity index (χ1v) is 32.2. The average molecular weight is 1270 g/mol. The average Bonchev–Trinajstić information content (AvgIpc) is 1.70. The van der Waals surface area contributed by atoms with Crippen LogP contribution in [-0.2, 0) is 18.3 Å². The molecule has 0 radical (unpaired) electrons. The van der Waals surface area contributed by atoms with Gasteiger partial charge < -0.3 is 0 Å². The van der Waals surface area contributed by atoms with E-state index >= 15 is 0 Å². The van der Waals surface area contributed by atoms with E-state index in [2.05, 4.69) is 372 Å². The molecule has 0 saturated heterocycles. The van der Waals surface area contributed by atoms with E-state index in [0.29, 0.717) is 12.8 Å². The number of hydrogen-bond donors (Lipinski definition) is 0. The predicted octanol–water partition coefficient (Wildman–Crippen LogP) is 24.6. The van der Waals surface area contributed by atoms with Gasteiger partial charge in [0.15, 0.2) is 0 Å². The van der Waals surface area contributed by atoms with Crippen molar-refractivity contribution >= 4 is 31.9 Å². The Balaban J connectivity index is 1.19. The first-order valence-electron chi connectivity index (χ1n) is 30.6. The quantitative estimate of drug-likeness (QED) is 0.102. The van der Waals surface area contributed by atoms with Gasteiger partial charge in [-0.15, -0.1) is 0 Å². The molecule has 0 amide bonds. The Morgan fingerprint density at radius 2 is 0.360 bits per heavy atom. The number of rotatable bonds is 14. The minimum Gasteiger partial charge on any atom is -0.0622 e. The van der Waals surface area contributed by atoms with Crippen LogP contribution in [0.25, 0.3) is 122 Å². The third-order valence-corrected chi connectivity index (χ3v) is 19.1. The Morgan fingerprint density at radius 1 is 0.191 bits per heavy atom. The third kappa shape index (κ3) is 10.2. The zero-order valence-corrected chi connectivity index (χ0v) is 52.2. The SMILES string of the molecule is Brc1ccc2c(c1)C(Cc1c(-c3ccccc3)c(-c3ccccc3)c(-c3ccccc3)c(-c3ccccc3)c1-c1ccccc1)(Cc1c(-c3ccccc3)c(-c3ccccc3)c(-c3ccccc3)c(-c3ccccc3)c1-c1ccccc1)c1cc(Br)ccc1-2. The van der Waals surface area contributed by atoms with Crippen molar-refractivity contribution in [3.63, 3.8) is 0 Å². The summed E-state index contributed by atoms with van der Waals surface area (Å²) in [5.41, 5.74) is 30.5. The van der Waals surface area contributed by atoms with E-state index in [1.54, 1.807) is 0 Å². The van der Waals surface area contributed by atoms with Crippen LogP contribution in [0, 0.1) is 0 Å². The standard InChI is InChI=1S/C87H60Br2/c88-69-51-53-71-72-54-52-70(89)56-76(72)87(75(71)55-69,57-73-77(59-31-11-1-12-32-59)81(63-39-19-5-20-40-63)85(67-47-27-9-28-48-67)82(64-41-21-6-22-42-64)78(73)60-33-13-2-14-34-60)58-74-79(61-35-15-3-16-36-61)83(65-43-23-7-24-44-65)86(68-49-29-10-30-50-68)84(66-45-25-8-26-46-66)80(74)62-37-17-4-18-38-62/h1-56H,57-58H2. The summed E-state index contributed by atoms with van der Waals surface area (Å²) in [6.45, 7) is 0. The Bertz CT molecular complexity index is 4300. The molecule has 0 spiro atoms. The fourth-order valence-electron chi connectivity index (χ4n) is 14.5. The largest absolute Gasteiger partial charge is 0.0622 e. The lowest BCUT2D eigenvalue weighted by Crippen LogP contribution is -2.33. The van der Waals surface area contributed by atoms with E-state index < -0.39 is 5.41 Å². The van der Waals surface area contributed by atoms with Crippen molar-refractivity contribution in [1.29, 1.82) is 0 Å².